The molecule has 0 radical (unpaired) electrons. The van der Waals surface area contributed by atoms with Crippen LogP contribution < -0.4 is 15.4 Å². The highest BCUT2D eigenvalue weighted by molar-refractivity contribution is 5.76. The summed E-state index contributed by atoms with van der Waals surface area (Å²) in [7, 11) is 1.85. The summed E-state index contributed by atoms with van der Waals surface area (Å²) >= 11 is 0. The first-order valence-electron chi connectivity index (χ1n) is 6.94. The largest absolute Gasteiger partial charge is 0.493 e. The van der Waals surface area contributed by atoms with Gasteiger partial charge in [0.15, 0.2) is 0 Å². The highest BCUT2D eigenvalue weighted by Crippen LogP contribution is 2.35. The maximum Gasteiger partial charge on any atom is 0.221 e. The maximum atomic E-state index is 11.8. The lowest BCUT2D eigenvalue weighted by atomic mass is 9.96. The Bertz CT molecular complexity index is 446. The van der Waals surface area contributed by atoms with E-state index in [0.717, 1.165) is 24.2 Å². The SMILES string of the molecule is CCc1cccc2c1OCCC2NC(=O)CCNC. The van der Waals surface area contributed by atoms with Crippen molar-refractivity contribution in [3.05, 3.63) is 29.3 Å². The fourth-order valence-corrected chi connectivity index (χ4v) is 2.42. The molecule has 1 aliphatic heterocycles. The Morgan fingerprint density at radius 2 is 2.32 bits per heavy atom. The second-order valence-electron chi connectivity index (χ2n) is 4.80. The number of benzene rings is 1. The lowest BCUT2D eigenvalue weighted by molar-refractivity contribution is -0.121. The van der Waals surface area contributed by atoms with Gasteiger partial charge in [0.25, 0.3) is 0 Å². The van der Waals surface area contributed by atoms with Gasteiger partial charge >= 0.3 is 0 Å². The van der Waals surface area contributed by atoms with Gasteiger partial charge in [-0.05, 0) is 19.0 Å². The molecule has 19 heavy (non-hydrogen) atoms. The fourth-order valence-electron chi connectivity index (χ4n) is 2.42. The Morgan fingerprint density at radius 1 is 1.47 bits per heavy atom. The predicted molar refractivity (Wildman–Crippen MR) is 75.4 cm³/mol. The highest BCUT2D eigenvalue weighted by Gasteiger charge is 2.24. The van der Waals surface area contributed by atoms with Crippen LogP contribution >= 0.6 is 0 Å². The Kier molecular flexibility index (Phi) is 4.80. The van der Waals surface area contributed by atoms with Crippen molar-refractivity contribution >= 4 is 5.91 Å². The maximum absolute atomic E-state index is 11.8. The second kappa shape index (κ2) is 6.57. The number of carbonyl (C=O) groups is 1. The molecule has 4 heteroatoms. The zero-order valence-corrected chi connectivity index (χ0v) is 11.7. The smallest absolute Gasteiger partial charge is 0.221 e. The van der Waals surface area contributed by atoms with Gasteiger partial charge in [-0.2, -0.15) is 0 Å². The van der Waals surface area contributed by atoms with E-state index < -0.39 is 0 Å². The molecule has 1 aromatic carbocycles. The van der Waals surface area contributed by atoms with E-state index in [1.54, 1.807) is 0 Å². The molecule has 0 fully saturated rings. The van der Waals surface area contributed by atoms with Gasteiger partial charge in [0, 0.05) is 24.9 Å². The number of amides is 1. The normalized spacial score (nSPS) is 17.5. The van der Waals surface area contributed by atoms with Crippen LogP contribution in [0.3, 0.4) is 0 Å². The average Bonchev–Trinajstić information content (AvgIpc) is 2.45. The molecule has 1 aromatic rings. The number of hydrogen-bond acceptors (Lipinski definition) is 3. The van der Waals surface area contributed by atoms with Gasteiger partial charge in [0.05, 0.1) is 12.6 Å². The number of carbonyl (C=O) groups excluding carboxylic acids is 1. The van der Waals surface area contributed by atoms with Crippen molar-refractivity contribution in [3.63, 3.8) is 0 Å². The molecule has 1 amide bonds. The van der Waals surface area contributed by atoms with E-state index in [9.17, 15) is 4.79 Å². The molecule has 1 atom stereocenters. The molecular weight excluding hydrogens is 240 g/mol. The molecule has 104 valence electrons. The highest BCUT2D eigenvalue weighted by atomic mass is 16.5. The molecule has 0 bridgehead atoms. The molecule has 1 heterocycles. The number of ether oxygens (including phenoxy) is 1. The van der Waals surface area contributed by atoms with E-state index in [0.29, 0.717) is 19.6 Å². The molecule has 1 aliphatic rings. The molecule has 2 N–H and O–H groups in total. The van der Waals surface area contributed by atoms with Crippen molar-refractivity contribution in [3.8, 4) is 5.75 Å². The fraction of sp³-hybridized carbons (Fsp3) is 0.533. The van der Waals surface area contributed by atoms with Gasteiger partial charge in [-0.25, -0.2) is 0 Å². The molecule has 0 saturated carbocycles. The molecule has 0 spiro atoms. The summed E-state index contributed by atoms with van der Waals surface area (Å²) in [6, 6.07) is 6.26. The average molecular weight is 262 g/mol. The molecule has 4 nitrogen and oxygen atoms in total. The van der Waals surface area contributed by atoms with Crippen LogP contribution in [0.4, 0.5) is 0 Å². The lowest BCUT2D eigenvalue weighted by Gasteiger charge is -2.28. The Hall–Kier alpha value is -1.55. The number of fused-ring (bicyclic) bond motifs is 1. The van der Waals surface area contributed by atoms with Crippen molar-refractivity contribution < 1.29 is 9.53 Å². The zero-order valence-electron chi connectivity index (χ0n) is 11.7. The molecular formula is C15H22N2O2. The third-order valence-corrected chi connectivity index (χ3v) is 3.47. The van der Waals surface area contributed by atoms with E-state index in [2.05, 4.69) is 29.7 Å². The van der Waals surface area contributed by atoms with Crippen molar-refractivity contribution in [2.24, 2.45) is 0 Å². The van der Waals surface area contributed by atoms with Crippen LogP contribution in [0.5, 0.6) is 5.75 Å². The first kappa shape index (κ1) is 13.9. The number of rotatable bonds is 5. The second-order valence-corrected chi connectivity index (χ2v) is 4.80. The number of aryl methyl sites for hydroxylation is 1. The van der Waals surface area contributed by atoms with Crippen LogP contribution in [0, 0.1) is 0 Å². The monoisotopic (exact) mass is 262 g/mol. The summed E-state index contributed by atoms with van der Waals surface area (Å²) in [5, 5.41) is 6.09. The minimum Gasteiger partial charge on any atom is -0.493 e. The molecule has 1 unspecified atom stereocenters. The summed E-state index contributed by atoms with van der Waals surface area (Å²) in [5.41, 5.74) is 2.33. The number of para-hydroxylation sites is 1. The van der Waals surface area contributed by atoms with Crippen molar-refractivity contribution in [1.82, 2.24) is 10.6 Å². The first-order chi connectivity index (χ1) is 9.26. The molecule has 0 aromatic heterocycles. The first-order valence-corrected chi connectivity index (χ1v) is 6.94. The van der Waals surface area contributed by atoms with E-state index in [1.807, 2.05) is 13.1 Å². The van der Waals surface area contributed by atoms with Gasteiger partial charge in [0.1, 0.15) is 5.75 Å². The lowest BCUT2D eigenvalue weighted by Crippen LogP contribution is -2.33. The standard InChI is InChI=1S/C15H22N2O2/c1-3-11-5-4-6-12-13(8-10-19-15(11)12)17-14(18)7-9-16-2/h4-6,13,16H,3,7-10H2,1-2H3,(H,17,18). The Labute approximate surface area is 114 Å². The van der Waals surface area contributed by atoms with Crippen molar-refractivity contribution in [1.29, 1.82) is 0 Å². The van der Waals surface area contributed by atoms with Crippen LogP contribution in [-0.4, -0.2) is 26.1 Å². The summed E-state index contributed by atoms with van der Waals surface area (Å²) in [5.74, 6) is 1.06. The summed E-state index contributed by atoms with van der Waals surface area (Å²) in [6.45, 7) is 3.49. The van der Waals surface area contributed by atoms with Crippen LogP contribution in [0.1, 0.15) is 36.9 Å². The molecule has 0 saturated heterocycles. The van der Waals surface area contributed by atoms with Crippen molar-refractivity contribution in [2.75, 3.05) is 20.2 Å². The molecule has 0 aliphatic carbocycles. The minimum absolute atomic E-state index is 0.0830. The third kappa shape index (κ3) is 3.26. The Balaban J connectivity index is 2.11. The van der Waals surface area contributed by atoms with E-state index in [4.69, 9.17) is 4.74 Å². The Morgan fingerprint density at radius 3 is 3.05 bits per heavy atom. The molecule has 2 rings (SSSR count). The van der Waals surface area contributed by atoms with Crippen molar-refractivity contribution in [2.45, 2.75) is 32.2 Å². The van der Waals surface area contributed by atoms with Gasteiger partial charge in [-0.1, -0.05) is 25.1 Å². The van der Waals surface area contributed by atoms with Gasteiger partial charge in [0.2, 0.25) is 5.91 Å². The third-order valence-electron chi connectivity index (χ3n) is 3.47. The topological polar surface area (TPSA) is 50.4 Å². The van der Waals surface area contributed by atoms with Crippen LogP contribution in [0.2, 0.25) is 0 Å². The minimum atomic E-state index is 0.0830. The van der Waals surface area contributed by atoms with Crippen LogP contribution in [-0.2, 0) is 11.2 Å². The quantitative estimate of drug-likeness (QED) is 0.850. The number of hydrogen-bond donors (Lipinski definition) is 2. The van der Waals surface area contributed by atoms with E-state index in [1.165, 1.54) is 5.56 Å². The summed E-state index contributed by atoms with van der Waals surface area (Å²) in [4.78, 5) is 11.8. The summed E-state index contributed by atoms with van der Waals surface area (Å²) in [6.07, 6.45) is 2.30. The summed E-state index contributed by atoms with van der Waals surface area (Å²) < 4.78 is 5.77. The van der Waals surface area contributed by atoms with E-state index in [-0.39, 0.29) is 11.9 Å². The van der Waals surface area contributed by atoms with Gasteiger partial charge in [-0.15, -0.1) is 0 Å². The van der Waals surface area contributed by atoms with Gasteiger partial charge in [-0.3, -0.25) is 4.79 Å². The predicted octanol–water partition coefficient (Wildman–Crippen LogP) is 1.80. The zero-order chi connectivity index (χ0) is 13.7. The van der Waals surface area contributed by atoms with Crippen LogP contribution in [0.15, 0.2) is 18.2 Å². The van der Waals surface area contributed by atoms with Crippen LogP contribution in [0.25, 0.3) is 0 Å². The van der Waals surface area contributed by atoms with E-state index >= 15 is 0 Å². The van der Waals surface area contributed by atoms with Gasteiger partial charge < -0.3 is 15.4 Å². The number of nitrogens with one attached hydrogen (secondary N) is 2.